The van der Waals surface area contributed by atoms with Crippen molar-refractivity contribution in [2.45, 2.75) is 24.3 Å². The first kappa shape index (κ1) is 14.6. The Labute approximate surface area is 106 Å². The molecule has 0 unspecified atom stereocenters. The molecule has 0 aliphatic carbocycles. The Morgan fingerprint density at radius 1 is 1.35 bits per heavy atom. The van der Waals surface area contributed by atoms with Gasteiger partial charge in [0, 0.05) is 13.2 Å². The maximum absolute atomic E-state index is 11.8. The van der Waals surface area contributed by atoms with Gasteiger partial charge in [-0.1, -0.05) is 6.07 Å². The quantitative estimate of drug-likeness (QED) is 0.731. The fourth-order valence-corrected chi connectivity index (χ4v) is 3.26. The molecule has 7 heteroatoms. The maximum atomic E-state index is 11.8. The van der Waals surface area contributed by atoms with Crippen molar-refractivity contribution >= 4 is 21.4 Å². The largest absolute Gasteiger partial charge is 0.352 e. The van der Waals surface area contributed by atoms with Crippen LogP contribution in [0.5, 0.6) is 0 Å². The lowest BCUT2D eigenvalue weighted by Crippen LogP contribution is -2.35. The average Bonchev–Trinajstić information content (AvgIpc) is 2.81. The van der Waals surface area contributed by atoms with Crippen LogP contribution in [0.15, 0.2) is 21.7 Å². The fourth-order valence-electron chi connectivity index (χ4n) is 1.20. The molecule has 1 aromatic rings. The third-order valence-electron chi connectivity index (χ3n) is 1.91. The van der Waals surface area contributed by atoms with Crippen LogP contribution in [0.3, 0.4) is 0 Å². The number of hydrogen-bond donors (Lipinski definition) is 1. The minimum atomic E-state index is -3.44. The molecule has 0 aromatic carbocycles. The van der Waals surface area contributed by atoms with E-state index in [0.717, 1.165) is 0 Å². The van der Waals surface area contributed by atoms with Crippen LogP contribution in [0.4, 0.5) is 0 Å². The van der Waals surface area contributed by atoms with Crippen LogP contribution in [0.25, 0.3) is 0 Å². The monoisotopic (exact) mass is 279 g/mol. The number of hydrogen-bond acceptors (Lipinski definition) is 5. The van der Waals surface area contributed by atoms with Gasteiger partial charge in [0.15, 0.2) is 6.29 Å². The van der Waals surface area contributed by atoms with Gasteiger partial charge < -0.3 is 9.47 Å². The molecular weight excluding hydrogens is 262 g/mol. The highest BCUT2D eigenvalue weighted by Gasteiger charge is 2.17. The van der Waals surface area contributed by atoms with E-state index in [0.29, 0.717) is 17.4 Å². The molecule has 98 valence electrons. The summed E-state index contributed by atoms with van der Waals surface area (Å²) in [4.78, 5) is 0. The highest BCUT2D eigenvalue weighted by Crippen LogP contribution is 2.15. The van der Waals surface area contributed by atoms with Crippen molar-refractivity contribution in [3.63, 3.8) is 0 Å². The smallest absolute Gasteiger partial charge is 0.250 e. The Morgan fingerprint density at radius 2 is 2.00 bits per heavy atom. The first-order valence-corrected chi connectivity index (χ1v) is 7.72. The summed E-state index contributed by atoms with van der Waals surface area (Å²) in [5, 5.41) is 1.72. The van der Waals surface area contributed by atoms with Gasteiger partial charge in [-0.2, -0.15) is 0 Å². The molecule has 5 nitrogen and oxygen atoms in total. The lowest BCUT2D eigenvalue weighted by molar-refractivity contribution is -0.130. The molecule has 1 aromatic heterocycles. The van der Waals surface area contributed by atoms with E-state index in [4.69, 9.17) is 9.47 Å². The van der Waals surface area contributed by atoms with Crippen molar-refractivity contribution in [1.82, 2.24) is 4.72 Å². The Hall–Kier alpha value is -0.470. The summed E-state index contributed by atoms with van der Waals surface area (Å²) < 4.78 is 36.8. The lowest BCUT2D eigenvalue weighted by Gasteiger charge is -2.17. The number of sulfonamides is 1. The first-order valence-electron chi connectivity index (χ1n) is 5.36. The standard InChI is InChI=1S/C10H17NO4S2/c1-3-14-9(15-4-2)8-11-17(12,13)10-6-5-7-16-10/h5-7,9,11H,3-4,8H2,1-2H3. The zero-order valence-corrected chi connectivity index (χ0v) is 11.5. The molecule has 0 saturated heterocycles. The summed E-state index contributed by atoms with van der Waals surface area (Å²) in [6.07, 6.45) is -0.542. The average molecular weight is 279 g/mol. The Balaban J connectivity index is 2.53. The van der Waals surface area contributed by atoms with Crippen molar-refractivity contribution < 1.29 is 17.9 Å². The van der Waals surface area contributed by atoms with E-state index in [2.05, 4.69) is 4.72 Å². The van der Waals surface area contributed by atoms with Crippen molar-refractivity contribution in [3.8, 4) is 0 Å². The molecule has 0 saturated carbocycles. The van der Waals surface area contributed by atoms with Crippen LogP contribution in [-0.4, -0.2) is 34.5 Å². The summed E-state index contributed by atoms with van der Waals surface area (Å²) in [6.45, 7) is 4.73. The molecule has 17 heavy (non-hydrogen) atoms. The summed E-state index contributed by atoms with van der Waals surface area (Å²) >= 11 is 1.18. The SMILES string of the molecule is CCOC(CNS(=O)(=O)c1cccs1)OCC. The van der Waals surface area contributed by atoms with Gasteiger partial charge in [-0.25, -0.2) is 13.1 Å². The zero-order valence-electron chi connectivity index (χ0n) is 9.88. The molecule has 1 N–H and O–H groups in total. The normalized spacial score (nSPS) is 12.2. The predicted octanol–water partition coefficient (Wildman–Crippen LogP) is 1.43. The second-order valence-electron chi connectivity index (χ2n) is 3.12. The summed E-state index contributed by atoms with van der Waals surface area (Å²) in [6, 6.07) is 3.26. The van der Waals surface area contributed by atoms with Gasteiger partial charge in [-0.05, 0) is 25.3 Å². The van der Waals surface area contributed by atoms with E-state index in [-0.39, 0.29) is 6.54 Å². The number of rotatable bonds is 8. The molecule has 1 rings (SSSR count). The Kier molecular flexibility index (Phi) is 6.07. The van der Waals surface area contributed by atoms with Crippen molar-refractivity contribution in [2.75, 3.05) is 19.8 Å². The number of thiophene rings is 1. The molecular formula is C10H17NO4S2. The van der Waals surface area contributed by atoms with E-state index in [9.17, 15) is 8.42 Å². The van der Waals surface area contributed by atoms with Crippen LogP contribution < -0.4 is 4.72 Å². The summed E-state index contributed by atoms with van der Waals surface area (Å²) in [7, 11) is -3.44. The predicted molar refractivity (Wildman–Crippen MR) is 66.5 cm³/mol. The molecule has 0 aliphatic heterocycles. The maximum Gasteiger partial charge on any atom is 0.250 e. The van der Waals surface area contributed by atoms with E-state index in [1.807, 2.05) is 13.8 Å². The van der Waals surface area contributed by atoms with Gasteiger partial charge >= 0.3 is 0 Å². The van der Waals surface area contributed by atoms with Gasteiger partial charge in [-0.3, -0.25) is 0 Å². The third kappa shape index (κ3) is 4.72. The Morgan fingerprint density at radius 3 is 2.47 bits per heavy atom. The van der Waals surface area contributed by atoms with Crippen molar-refractivity contribution in [1.29, 1.82) is 0 Å². The second kappa shape index (κ2) is 7.07. The molecule has 0 spiro atoms. The molecule has 0 bridgehead atoms. The number of nitrogens with one attached hydrogen (secondary N) is 1. The third-order valence-corrected chi connectivity index (χ3v) is 4.73. The number of ether oxygens (including phenoxy) is 2. The molecule has 0 atom stereocenters. The molecule has 0 aliphatic rings. The van der Waals surface area contributed by atoms with Crippen LogP contribution in [0.2, 0.25) is 0 Å². The fraction of sp³-hybridized carbons (Fsp3) is 0.600. The van der Waals surface area contributed by atoms with Gasteiger partial charge in [-0.15, -0.1) is 11.3 Å². The van der Waals surface area contributed by atoms with E-state index < -0.39 is 16.3 Å². The molecule has 0 amide bonds. The molecule has 0 fully saturated rings. The van der Waals surface area contributed by atoms with Crippen molar-refractivity contribution in [3.05, 3.63) is 17.5 Å². The van der Waals surface area contributed by atoms with Gasteiger partial charge in [0.05, 0.1) is 6.54 Å². The topological polar surface area (TPSA) is 64.6 Å². The van der Waals surface area contributed by atoms with E-state index >= 15 is 0 Å². The van der Waals surface area contributed by atoms with Crippen LogP contribution in [0.1, 0.15) is 13.8 Å². The highest BCUT2D eigenvalue weighted by atomic mass is 32.2. The Bertz CT molecular complexity index is 396. The first-order chi connectivity index (χ1) is 8.10. The van der Waals surface area contributed by atoms with Crippen LogP contribution in [-0.2, 0) is 19.5 Å². The van der Waals surface area contributed by atoms with Crippen LogP contribution in [0, 0.1) is 0 Å². The highest BCUT2D eigenvalue weighted by molar-refractivity contribution is 7.91. The van der Waals surface area contributed by atoms with Crippen LogP contribution >= 0.6 is 11.3 Å². The van der Waals surface area contributed by atoms with Crippen molar-refractivity contribution in [2.24, 2.45) is 0 Å². The zero-order chi connectivity index (χ0) is 12.7. The van der Waals surface area contributed by atoms with E-state index in [1.54, 1.807) is 17.5 Å². The van der Waals surface area contributed by atoms with Gasteiger partial charge in [0.1, 0.15) is 4.21 Å². The molecule has 1 heterocycles. The summed E-state index contributed by atoms with van der Waals surface area (Å²) in [5.74, 6) is 0. The lowest BCUT2D eigenvalue weighted by atomic mass is 10.6. The minimum Gasteiger partial charge on any atom is -0.352 e. The second-order valence-corrected chi connectivity index (χ2v) is 6.07. The van der Waals surface area contributed by atoms with Gasteiger partial charge in [0.2, 0.25) is 10.0 Å². The molecule has 0 radical (unpaired) electrons. The minimum absolute atomic E-state index is 0.113. The van der Waals surface area contributed by atoms with Gasteiger partial charge in [0.25, 0.3) is 0 Å². The van der Waals surface area contributed by atoms with E-state index in [1.165, 1.54) is 11.3 Å². The summed E-state index contributed by atoms with van der Waals surface area (Å²) in [5.41, 5.74) is 0.